The van der Waals surface area contributed by atoms with Crippen molar-refractivity contribution in [2.45, 2.75) is 0 Å². The number of aromatic nitrogens is 1. The molecule has 0 unspecified atom stereocenters. The summed E-state index contributed by atoms with van der Waals surface area (Å²) in [5.41, 5.74) is 0.414. The fourth-order valence-electron chi connectivity index (χ4n) is 1.32. The van der Waals surface area contributed by atoms with Crippen LogP contribution in [-0.2, 0) is 4.74 Å². The second-order valence-corrected chi connectivity index (χ2v) is 4.19. The van der Waals surface area contributed by atoms with Gasteiger partial charge in [-0.25, -0.2) is 4.98 Å². The number of amides is 1. The lowest BCUT2D eigenvalue weighted by atomic mass is 10.3. The minimum atomic E-state index is -0.122. The first-order valence-corrected chi connectivity index (χ1v) is 6.00. The monoisotopic (exact) mass is 298 g/mol. The molecule has 0 aliphatic carbocycles. The summed E-state index contributed by atoms with van der Waals surface area (Å²) in [6, 6.07) is 5.26. The van der Waals surface area contributed by atoms with E-state index in [1.54, 1.807) is 36.3 Å². The van der Waals surface area contributed by atoms with Crippen LogP contribution in [0.3, 0.4) is 0 Å². The summed E-state index contributed by atoms with van der Waals surface area (Å²) in [5.74, 6) is -0.122. The number of ether oxygens (including phenoxy) is 1. The van der Waals surface area contributed by atoms with Crippen LogP contribution in [0.4, 0.5) is 0 Å². The number of halogens is 1. The minimum Gasteiger partial charge on any atom is -0.383 e. The van der Waals surface area contributed by atoms with E-state index in [0.29, 0.717) is 30.0 Å². The molecule has 0 saturated carbocycles. The van der Waals surface area contributed by atoms with E-state index in [-0.39, 0.29) is 5.91 Å². The third kappa shape index (κ3) is 4.28. The standard InChI is InChI=1S/C12H15BrN2O2/c1-3-7-15(8-9-17-2)12(16)10-5-4-6-11(13)14-10/h3-6H,1,7-9H2,2H3. The van der Waals surface area contributed by atoms with E-state index in [0.717, 1.165) is 0 Å². The Morgan fingerprint density at radius 3 is 3.00 bits per heavy atom. The average molecular weight is 299 g/mol. The van der Waals surface area contributed by atoms with E-state index in [4.69, 9.17) is 4.74 Å². The molecule has 0 saturated heterocycles. The van der Waals surface area contributed by atoms with Crippen LogP contribution in [0.15, 0.2) is 35.5 Å². The van der Waals surface area contributed by atoms with E-state index < -0.39 is 0 Å². The fraction of sp³-hybridized carbons (Fsp3) is 0.333. The number of carbonyl (C=O) groups excluding carboxylic acids is 1. The van der Waals surface area contributed by atoms with Crippen LogP contribution >= 0.6 is 15.9 Å². The zero-order valence-electron chi connectivity index (χ0n) is 9.73. The van der Waals surface area contributed by atoms with Gasteiger partial charge in [-0.3, -0.25) is 4.79 Å². The Balaban J connectivity index is 2.79. The van der Waals surface area contributed by atoms with Crippen LogP contribution < -0.4 is 0 Å². The highest BCUT2D eigenvalue weighted by Crippen LogP contribution is 2.08. The molecule has 92 valence electrons. The molecular formula is C12H15BrN2O2. The van der Waals surface area contributed by atoms with Gasteiger partial charge in [-0.05, 0) is 28.1 Å². The van der Waals surface area contributed by atoms with Gasteiger partial charge >= 0.3 is 0 Å². The number of nitrogens with zero attached hydrogens (tertiary/aromatic N) is 2. The maximum absolute atomic E-state index is 12.1. The zero-order chi connectivity index (χ0) is 12.7. The average Bonchev–Trinajstić information content (AvgIpc) is 2.33. The molecule has 1 aromatic rings. The van der Waals surface area contributed by atoms with Gasteiger partial charge in [-0.1, -0.05) is 12.1 Å². The Hall–Kier alpha value is -1.20. The first kappa shape index (κ1) is 13.9. The molecule has 1 amide bonds. The van der Waals surface area contributed by atoms with E-state index in [1.807, 2.05) is 0 Å². The number of hydrogen-bond donors (Lipinski definition) is 0. The van der Waals surface area contributed by atoms with Gasteiger partial charge in [0, 0.05) is 20.2 Å². The summed E-state index contributed by atoms with van der Waals surface area (Å²) in [6.07, 6.45) is 1.69. The molecule has 0 atom stereocenters. The lowest BCUT2D eigenvalue weighted by Gasteiger charge is -2.20. The molecule has 0 bridgehead atoms. The normalized spacial score (nSPS) is 10.0. The van der Waals surface area contributed by atoms with Gasteiger partial charge in [-0.15, -0.1) is 6.58 Å². The van der Waals surface area contributed by atoms with Crippen molar-refractivity contribution in [1.82, 2.24) is 9.88 Å². The molecule has 5 heteroatoms. The lowest BCUT2D eigenvalue weighted by Crippen LogP contribution is -2.34. The van der Waals surface area contributed by atoms with Crippen LogP contribution in [-0.4, -0.2) is 42.6 Å². The van der Waals surface area contributed by atoms with E-state index >= 15 is 0 Å². The minimum absolute atomic E-state index is 0.122. The predicted octanol–water partition coefficient (Wildman–Crippen LogP) is 2.12. The van der Waals surface area contributed by atoms with Crippen LogP contribution in [0.5, 0.6) is 0 Å². The summed E-state index contributed by atoms with van der Waals surface area (Å²) < 4.78 is 5.62. The van der Waals surface area contributed by atoms with Gasteiger partial charge in [0.05, 0.1) is 6.61 Å². The molecule has 0 aliphatic rings. The number of pyridine rings is 1. The van der Waals surface area contributed by atoms with Crippen molar-refractivity contribution in [3.05, 3.63) is 41.2 Å². The molecule has 1 aromatic heterocycles. The maximum atomic E-state index is 12.1. The quantitative estimate of drug-likeness (QED) is 0.597. The van der Waals surface area contributed by atoms with Gasteiger partial charge in [0.1, 0.15) is 10.3 Å². The van der Waals surface area contributed by atoms with Crippen molar-refractivity contribution in [2.75, 3.05) is 26.8 Å². The maximum Gasteiger partial charge on any atom is 0.272 e. The van der Waals surface area contributed by atoms with Gasteiger partial charge in [0.2, 0.25) is 0 Å². The van der Waals surface area contributed by atoms with Crippen molar-refractivity contribution in [1.29, 1.82) is 0 Å². The lowest BCUT2D eigenvalue weighted by molar-refractivity contribution is 0.0712. The van der Waals surface area contributed by atoms with Crippen molar-refractivity contribution < 1.29 is 9.53 Å². The molecule has 17 heavy (non-hydrogen) atoms. The summed E-state index contributed by atoms with van der Waals surface area (Å²) in [5, 5.41) is 0. The van der Waals surface area contributed by atoms with Gasteiger partial charge in [-0.2, -0.15) is 0 Å². The van der Waals surface area contributed by atoms with Gasteiger partial charge in [0.15, 0.2) is 0 Å². The fourth-order valence-corrected chi connectivity index (χ4v) is 1.67. The number of methoxy groups -OCH3 is 1. The summed E-state index contributed by atoms with van der Waals surface area (Å²) in [4.78, 5) is 17.9. The van der Waals surface area contributed by atoms with Crippen LogP contribution in [0.25, 0.3) is 0 Å². The highest BCUT2D eigenvalue weighted by Gasteiger charge is 2.15. The molecule has 1 heterocycles. The molecule has 1 rings (SSSR count). The molecule has 0 radical (unpaired) electrons. The molecular weight excluding hydrogens is 284 g/mol. The number of hydrogen-bond acceptors (Lipinski definition) is 3. The molecule has 0 aliphatic heterocycles. The molecule has 0 spiro atoms. The number of carbonyl (C=O) groups is 1. The van der Waals surface area contributed by atoms with Crippen LogP contribution in [0.1, 0.15) is 10.5 Å². The summed E-state index contributed by atoms with van der Waals surface area (Å²) in [7, 11) is 1.61. The molecule has 0 aromatic carbocycles. The second-order valence-electron chi connectivity index (χ2n) is 3.38. The van der Waals surface area contributed by atoms with Gasteiger partial charge < -0.3 is 9.64 Å². The van der Waals surface area contributed by atoms with Crippen molar-refractivity contribution in [3.63, 3.8) is 0 Å². The van der Waals surface area contributed by atoms with Crippen molar-refractivity contribution in [3.8, 4) is 0 Å². The topological polar surface area (TPSA) is 42.4 Å². The molecule has 4 nitrogen and oxygen atoms in total. The third-order valence-electron chi connectivity index (χ3n) is 2.14. The van der Waals surface area contributed by atoms with Crippen LogP contribution in [0, 0.1) is 0 Å². The van der Waals surface area contributed by atoms with E-state index in [2.05, 4.69) is 27.5 Å². The Morgan fingerprint density at radius 1 is 1.65 bits per heavy atom. The molecule has 0 fully saturated rings. The summed E-state index contributed by atoms with van der Waals surface area (Å²) in [6.45, 7) is 5.14. The highest BCUT2D eigenvalue weighted by molar-refractivity contribution is 9.10. The second kappa shape index (κ2) is 7.19. The molecule has 0 N–H and O–H groups in total. The smallest absolute Gasteiger partial charge is 0.272 e. The van der Waals surface area contributed by atoms with Crippen LogP contribution in [0.2, 0.25) is 0 Å². The Morgan fingerprint density at radius 2 is 2.41 bits per heavy atom. The van der Waals surface area contributed by atoms with Crippen molar-refractivity contribution >= 4 is 21.8 Å². The Labute approximate surface area is 109 Å². The summed E-state index contributed by atoms with van der Waals surface area (Å²) >= 11 is 3.24. The first-order valence-electron chi connectivity index (χ1n) is 5.20. The largest absolute Gasteiger partial charge is 0.383 e. The third-order valence-corrected chi connectivity index (χ3v) is 2.58. The Kier molecular flexibility index (Phi) is 5.86. The SMILES string of the molecule is C=CCN(CCOC)C(=O)c1cccc(Br)n1. The van der Waals surface area contributed by atoms with E-state index in [9.17, 15) is 4.79 Å². The van der Waals surface area contributed by atoms with E-state index in [1.165, 1.54) is 0 Å². The first-order chi connectivity index (χ1) is 8.19. The Bertz CT molecular complexity index is 396. The highest BCUT2D eigenvalue weighted by atomic mass is 79.9. The van der Waals surface area contributed by atoms with Crippen molar-refractivity contribution in [2.24, 2.45) is 0 Å². The van der Waals surface area contributed by atoms with Gasteiger partial charge in [0.25, 0.3) is 5.91 Å². The zero-order valence-corrected chi connectivity index (χ0v) is 11.3. The number of rotatable bonds is 6. The predicted molar refractivity (Wildman–Crippen MR) is 69.9 cm³/mol.